The molecule has 1 aliphatic rings. The van der Waals surface area contributed by atoms with Crippen molar-refractivity contribution in [2.75, 3.05) is 0 Å². The molecule has 1 aromatic heterocycles. The molecule has 1 heterocycles. The number of aryl methyl sites for hydroxylation is 1. The highest BCUT2D eigenvalue weighted by atomic mass is 16.3. The summed E-state index contributed by atoms with van der Waals surface area (Å²) in [5.74, 6) is 1.09. The second-order valence-corrected chi connectivity index (χ2v) is 3.67. The molecule has 0 bridgehead atoms. The SMILES string of the molecule is CCc1nccn1C1CCC[C@H]1O. The molecule has 0 amide bonds. The van der Waals surface area contributed by atoms with E-state index in [-0.39, 0.29) is 12.1 Å². The van der Waals surface area contributed by atoms with Crippen molar-refractivity contribution in [3.05, 3.63) is 18.2 Å². The minimum Gasteiger partial charge on any atom is -0.391 e. The molecule has 3 nitrogen and oxygen atoms in total. The van der Waals surface area contributed by atoms with Crippen LogP contribution in [-0.4, -0.2) is 20.8 Å². The zero-order chi connectivity index (χ0) is 9.26. The summed E-state index contributed by atoms with van der Waals surface area (Å²) < 4.78 is 2.14. The molecule has 0 aliphatic heterocycles. The van der Waals surface area contributed by atoms with Crippen LogP contribution in [0.3, 0.4) is 0 Å². The lowest BCUT2D eigenvalue weighted by atomic mass is 10.2. The first-order chi connectivity index (χ1) is 6.33. The summed E-state index contributed by atoms with van der Waals surface area (Å²) in [6.45, 7) is 2.10. The van der Waals surface area contributed by atoms with Crippen LogP contribution in [-0.2, 0) is 6.42 Å². The van der Waals surface area contributed by atoms with Crippen LogP contribution >= 0.6 is 0 Å². The molecule has 13 heavy (non-hydrogen) atoms. The Hall–Kier alpha value is -0.830. The maximum atomic E-state index is 9.73. The Morgan fingerprint density at radius 3 is 3.08 bits per heavy atom. The van der Waals surface area contributed by atoms with E-state index in [2.05, 4.69) is 16.5 Å². The Balaban J connectivity index is 2.23. The third-order valence-electron chi connectivity index (χ3n) is 2.87. The fourth-order valence-corrected chi connectivity index (χ4v) is 2.17. The first-order valence-electron chi connectivity index (χ1n) is 5.02. The standard InChI is InChI=1S/C10H16N2O/c1-2-10-11-6-7-12(10)8-4-3-5-9(8)13/h6-9,13H,2-5H2,1H3/t8?,9-/m1/s1. The van der Waals surface area contributed by atoms with Gasteiger partial charge < -0.3 is 9.67 Å². The summed E-state index contributed by atoms with van der Waals surface area (Å²) in [6, 6.07) is 0.275. The average molecular weight is 180 g/mol. The van der Waals surface area contributed by atoms with Crippen LogP contribution in [0, 0.1) is 0 Å². The predicted octanol–water partition coefficient (Wildman–Crippen LogP) is 1.53. The van der Waals surface area contributed by atoms with Crippen molar-refractivity contribution in [3.8, 4) is 0 Å². The molecular weight excluding hydrogens is 164 g/mol. The number of aliphatic hydroxyl groups excluding tert-OH is 1. The van der Waals surface area contributed by atoms with Crippen LogP contribution in [0.5, 0.6) is 0 Å². The quantitative estimate of drug-likeness (QED) is 0.749. The van der Waals surface area contributed by atoms with Crippen molar-refractivity contribution in [2.45, 2.75) is 44.8 Å². The van der Waals surface area contributed by atoms with E-state index in [1.807, 2.05) is 12.4 Å². The molecule has 0 spiro atoms. The molecule has 3 heteroatoms. The summed E-state index contributed by atoms with van der Waals surface area (Å²) in [7, 11) is 0. The monoisotopic (exact) mass is 180 g/mol. The van der Waals surface area contributed by atoms with Crippen molar-refractivity contribution < 1.29 is 5.11 Å². The Kier molecular flexibility index (Phi) is 2.36. The molecule has 1 N–H and O–H groups in total. The topological polar surface area (TPSA) is 38.0 Å². The van der Waals surface area contributed by atoms with E-state index in [1.54, 1.807) is 0 Å². The summed E-state index contributed by atoms with van der Waals surface area (Å²) >= 11 is 0. The zero-order valence-electron chi connectivity index (χ0n) is 7.98. The first kappa shape index (κ1) is 8.75. The van der Waals surface area contributed by atoms with E-state index in [0.717, 1.165) is 31.5 Å². The highest BCUT2D eigenvalue weighted by Crippen LogP contribution is 2.30. The molecule has 1 unspecified atom stereocenters. The van der Waals surface area contributed by atoms with Crippen LogP contribution in [0.2, 0.25) is 0 Å². The maximum Gasteiger partial charge on any atom is 0.108 e. The molecule has 0 saturated heterocycles. The lowest BCUT2D eigenvalue weighted by Crippen LogP contribution is -2.19. The molecule has 1 aliphatic carbocycles. The van der Waals surface area contributed by atoms with Gasteiger partial charge in [0.2, 0.25) is 0 Å². The van der Waals surface area contributed by atoms with Gasteiger partial charge >= 0.3 is 0 Å². The average Bonchev–Trinajstić information content (AvgIpc) is 2.71. The molecule has 0 aromatic carbocycles. The number of rotatable bonds is 2. The molecule has 1 saturated carbocycles. The van der Waals surface area contributed by atoms with Gasteiger partial charge in [0.15, 0.2) is 0 Å². The molecule has 2 atom stereocenters. The van der Waals surface area contributed by atoms with Gasteiger partial charge in [-0.05, 0) is 19.3 Å². The number of aromatic nitrogens is 2. The summed E-state index contributed by atoms with van der Waals surface area (Å²) in [5, 5.41) is 9.73. The Bertz CT molecular complexity index is 282. The second kappa shape index (κ2) is 3.50. The van der Waals surface area contributed by atoms with Gasteiger partial charge in [-0.2, -0.15) is 0 Å². The minimum absolute atomic E-state index is 0.167. The van der Waals surface area contributed by atoms with Crippen molar-refractivity contribution in [1.29, 1.82) is 0 Å². The van der Waals surface area contributed by atoms with E-state index >= 15 is 0 Å². The molecule has 0 radical (unpaired) electrons. The van der Waals surface area contributed by atoms with Crippen molar-refractivity contribution >= 4 is 0 Å². The van der Waals surface area contributed by atoms with Gasteiger partial charge in [0, 0.05) is 18.8 Å². The molecular formula is C10H16N2O. The normalized spacial score (nSPS) is 28.2. The van der Waals surface area contributed by atoms with Crippen LogP contribution in [0.25, 0.3) is 0 Å². The van der Waals surface area contributed by atoms with Crippen LogP contribution in [0.4, 0.5) is 0 Å². The predicted molar refractivity (Wildman–Crippen MR) is 50.5 cm³/mol. The van der Waals surface area contributed by atoms with Gasteiger partial charge in [-0.3, -0.25) is 0 Å². The number of nitrogens with zero attached hydrogens (tertiary/aromatic N) is 2. The molecule has 1 aromatic rings. The van der Waals surface area contributed by atoms with Crippen LogP contribution in [0.15, 0.2) is 12.4 Å². The smallest absolute Gasteiger partial charge is 0.108 e. The number of aliphatic hydroxyl groups is 1. The highest BCUT2D eigenvalue weighted by Gasteiger charge is 2.27. The lowest BCUT2D eigenvalue weighted by Gasteiger charge is -2.18. The molecule has 1 fully saturated rings. The third kappa shape index (κ3) is 1.48. The molecule has 2 rings (SSSR count). The summed E-state index contributed by atoms with van der Waals surface area (Å²) in [6.07, 6.45) is 7.74. The van der Waals surface area contributed by atoms with E-state index in [9.17, 15) is 5.11 Å². The highest BCUT2D eigenvalue weighted by molar-refractivity contribution is 4.98. The van der Waals surface area contributed by atoms with E-state index in [0.29, 0.717) is 0 Å². The van der Waals surface area contributed by atoms with Crippen LogP contribution in [0.1, 0.15) is 38.1 Å². The van der Waals surface area contributed by atoms with Gasteiger partial charge in [0.1, 0.15) is 5.82 Å². The van der Waals surface area contributed by atoms with E-state index < -0.39 is 0 Å². The van der Waals surface area contributed by atoms with Crippen molar-refractivity contribution in [1.82, 2.24) is 9.55 Å². The third-order valence-corrected chi connectivity index (χ3v) is 2.87. The van der Waals surface area contributed by atoms with Gasteiger partial charge in [0.05, 0.1) is 12.1 Å². The second-order valence-electron chi connectivity index (χ2n) is 3.67. The number of hydrogen-bond donors (Lipinski definition) is 1. The fraction of sp³-hybridized carbons (Fsp3) is 0.700. The summed E-state index contributed by atoms with van der Waals surface area (Å²) in [4.78, 5) is 4.27. The largest absolute Gasteiger partial charge is 0.391 e. The van der Waals surface area contributed by atoms with Crippen molar-refractivity contribution in [2.24, 2.45) is 0 Å². The minimum atomic E-state index is -0.167. The van der Waals surface area contributed by atoms with Crippen molar-refractivity contribution in [3.63, 3.8) is 0 Å². The fourth-order valence-electron chi connectivity index (χ4n) is 2.17. The van der Waals surface area contributed by atoms with Gasteiger partial charge in [-0.15, -0.1) is 0 Å². The van der Waals surface area contributed by atoms with E-state index in [4.69, 9.17) is 0 Å². The van der Waals surface area contributed by atoms with E-state index in [1.165, 1.54) is 0 Å². The van der Waals surface area contributed by atoms with Gasteiger partial charge in [0.25, 0.3) is 0 Å². The maximum absolute atomic E-state index is 9.73. The Morgan fingerprint density at radius 2 is 2.46 bits per heavy atom. The Labute approximate surface area is 78.4 Å². The van der Waals surface area contributed by atoms with Gasteiger partial charge in [-0.1, -0.05) is 6.92 Å². The van der Waals surface area contributed by atoms with Gasteiger partial charge in [-0.25, -0.2) is 4.98 Å². The number of hydrogen-bond acceptors (Lipinski definition) is 2. The van der Waals surface area contributed by atoms with Crippen LogP contribution < -0.4 is 0 Å². The zero-order valence-corrected chi connectivity index (χ0v) is 7.98. The molecule has 72 valence electrons. The first-order valence-corrected chi connectivity index (χ1v) is 5.02. The number of imidazole rings is 1. The lowest BCUT2D eigenvalue weighted by molar-refractivity contribution is 0.135. The Morgan fingerprint density at radius 1 is 1.62 bits per heavy atom. The summed E-state index contributed by atoms with van der Waals surface area (Å²) in [5.41, 5.74) is 0.